The molecule has 2 aromatic carbocycles. The molecule has 2 aromatic rings. The zero-order valence-corrected chi connectivity index (χ0v) is 18.3. The molecular weight excluding hydrogens is 402 g/mol. The van der Waals surface area contributed by atoms with Gasteiger partial charge in [0, 0.05) is 31.7 Å². The van der Waals surface area contributed by atoms with E-state index in [0.717, 1.165) is 44.0 Å². The van der Waals surface area contributed by atoms with Gasteiger partial charge in [-0.1, -0.05) is 29.8 Å². The van der Waals surface area contributed by atoms with E-state index in [9.17, 15) is 13.2 Å². The molecule has 0 aliphatic carbocycles. The van der Waals surface area contributed by atoms with Crippen LogP contribution in [0, 0.1) is 6.92 Å². The van der Waals surface area contributed by atoms with Gasteiger partial charge < -0.3 is 10.1 Å². The van der Waals surface area contributed by atoms with Crippen molar-refractivity contribution in [3.63, 3.8) is 0 Å². The van der Waals surface area contributed by atoms with Crippen molar-refractivity contribution in [2.24, 2.45) is 0 Å². The van der Waals surface area contributed by atoms with Crippen LogP contribution in [0.15, 0.2) is 48.5 Å². The van der Waals surface area contributed by atoms with Crippen LogP contribution in [0.1, 0.15) is 21.5 Å². The summed E-state index contributed by atoms with van der Waals surface area (Å²) in [7, 11) is -3.47. The molecule has 30 heavy (non-hydrogen) atoms. The lowest BCUT2D eigenvalue weighted by Gasteiger charge is -2.26. The Morgan fingerprint density at radius 1 is 1.07 bits per heavy atom. The Kier molecular flexibility index (Phi) is 7.47. The Morgan fingerprint density at radius 3 is 2.30 bits per heavy atom. The monoisotopic (exact) mass is 431 g/mol. The Hall–Kier alpha value is -2.42. The first kappa shape index (κ1) is 22.3. The Morgan fingerprint density at radius 2 is 1.70 bits per heavy atom. The molecule has 1 N–H and O–H groups in total. The standard InChI is InChI=1S/C22H29N3O4S/c1-18-3-5-19(6-4-18)17-25(30(2,27)28)21-9-7-20(8-10-21)22(26)23-11-12-24-13-15-29-16-14-24/h3-10H,11-17H2,1-2H3,(H,23,26). The van der Waals surface area contributed by atoms with Gasteiger partial charge in [0.25, 0.3) is 5.91 Å². The number of carbonyl (C=O) groups excluding carboxylic acids is 1. The van der Waals surface area contributed by atoms with E-state index in [1.807, 2.05) is 31.2 Å². The largest absolute Gasteiger partial charge is 0.379 e. The maximum Gasteiger partial charge on any atom is 0.251 e. The summed E-state index contributed by atoms with van der Waals surface area (Å²) in [5.41, 5.74) is 3.05. The number of sulfonamides is 1. The Bertz CT molecular complexity index is 937. The van der Waals surface area contributed by atoms with Crippen LogP contribution < -0.4 is 9.62 Å². The first-order valence-corrected chi connectivity index (χ1v) is 11.9. The van der Waals surface area contributed by atoms with Crippen molar-refractivity contribution in [3.05, 3.63) is 65.2 Å². The van der Waals surface area contributed by atoms with E-state index in [0.29, 0.717) is 17.8 Å². The van der Waals surface area contributed by atoms with Gasteiger partial charge >= 0.3 is 0 Å². The number of hydrogen-bond acceptors (Lipinski definition) is 5. The van der Waals surface area contributed by atoms with E-state index in [1.54, 1.807) is 24.3 Å². The van der Waals surface area contributed by atoms with Crippen LogP contribution in [-0.4, -0.2) is 64.9 Å². The number of carbonyl (C=O) groups is 1. The summed E-state index contributed by atoms with van der Waals surface area (Å²) in [4.78, 5) is 14.7. The molecule has 0 atom stereocenters. The maximum atomic E-state index is 12.4. The minimum Gasteiger partial charge on any atom is -0.379 e. The number of rotatable bonds is 8. The van der Waals surface area contributed by atoms with Gasteiger partial charge in [-0.05, 0) is 36.8 Å². The second kappa shape index (κ2) is 10.1. The lowest BCUT2D eigenvalue weighted by atomic mass is 10.1. The van der Waals surface area contributed by atoms with Crippen molar-refractivity contribution in [2.75, 3.05) is 50.0 Å². The Balaban J connectivity index is 1.62. The first-order valence-electron chi connectivity index (χ1n) is 10.0. The van der Waals surface area contributed by atoms with Crippen molar-refractivity contribution in [1.82, 2.24) is 10.2 Å². The van der Waals surface area contributed by atoms with E-state index in [2.05, 4.69) is 10.2 Å². The Labute approximate surface area is 178 Å². The molecule has 1 heterocycles. The molecule has 8 heteroatoms. The number of benzene rings is 2. The normalized spacial score (nSPS) is 15.0. The quantitative estimate of drug-likeness (QED) is 0.692. The summed E-state index contributed by atoms with van der Waals surface area (Å²) in [5, 5.41) is 2.92. The SMILES string of the molecule is Cc1ccc(CN(c2ccc(C(=O)NCCN3CCOCC3)cc2)S(C)(=O)=O)cc1. The van der Waals surface area contributed by atoms with Gasteiger partial charge in [-0.2, -0.15) is 0 Å². The molecule has 0 unspecified atom stereocenters. The van der Waals surface area contributed by atoms with Crippen LogP contribution in [0.4, 0.5) is 5.69 Å². The van der Waals surface area contributed by atoms with Gasteiger partial charge in [0.05, 0.1) is 31.7 Å². The molecule has 1 aliphatic rings. The van der Waals surface area contributed by atoms with E-state index >= 15 is 0 Å². The molecule has 1 fully saturated rings. The van der Waals surface area contributed by atoms with Crippen LogP contribution in [0.2, 0.25) is 0 Å². The van der Waals surface area contributed by atoms with E-state index in [-0.39, 0.29) is 12.5 Å². The first-order chi connectivity index (χ1) is 14.3. The number of anilines is 1. The van der Waals surface area contributed by atoms with Crippen molar-refractivity contribution in [3.8, 4) is 0 Å². The lowest BCUT2D eigenvalue weighted by Crippen LogP contribution is -2.41. The highest BCUT2D eigenvalue weighted by Gasteiger charge is 2.18. The molecule has 1 saturated heterocycles. The summed E-state index contributed by atoms with van der Waals surface area (Å²) in [5.74, 6) is -0.167. The van der Waals surface area contributed by atoms with Crippen LogP contribution in [0.5, 0.6) is 0 Å². The van der Waals surface area contributed by atoms with Gasteiger partial charge in [0.1, 0.15) is 0 Å². The molecule has 3 rings (SSSR count). The molecule has 7 nitrogen and oxygen atoms in total. The molecular formula is C22H29N3O4S. The smallest absolute Gasteiger partial charge is 0.251 e. The van der Waals surface area contributed by atoms with E-state index in [1.165, 1.54) is 10.6 Å². The number of morpholine rings is 1. The molecule has 0 radical (unpaired) electrons. The fourth-order valence-corrected chi connectivity index (χ4v) is 4.18. The van der Waals surface area contributed by atoms with E-state index < -0.39 is 10.0 Å². The second-order valence-electron chi connectivity index (χ2n) is 7.51. The fourth-order valence-electron chi connectivity index (χ4n) is 3.29. The third-order valence-electron chi connectivity index (χ3n) is 5.08. The highest BCUT2D eigenvalue weighted by atomic mass is 32.2. The van der Waals surface area contributed by atoms with Gasteiger partial charge in [0.2, 0.25) is 10.0 Å². The number of nitrogens with zero attached hydrogens (tertiary/aromatic N) is 2. The molecule has 162 valence electrons. The summed E-state index contributed by atoms with van der Waals surface area (Å²) in [6.45, 7) is 6.80. The van der Waals surface area contributed by atoms with Gasteiger partial charge in [-0.3, -0.25) is 14.0 Å². The molecule has 0 spiro atoms. The second-order valence-corrected chi connectivity index (χ2v) is 9.42. The van der Waals surface area contributed by atoms with Crippen molar-refractivity contribution in [1.29, 1.82) is 0 Å². The maximum absolute atomic E-state index is 12.4. The summed E-state index contributed by atoms with van der Waals surface area (Å²) >= 11 is 0. The molecule has 0 bridgehead atoms. The topological polar surface area (TPSA) is 79.0 Å². The van der Waals surface area contributed by atoms with Crippen LogP contribution >= 0.6 is 0 Å². The van der Waals surface area contributed by atoms with Crippen molar-refractivity contribution >= 4 is 21.6 Å². The fraction of sp³-hybridized carbons (Fsp3) is 0.409. The molecule has 1 aliphatic heterocycles. The number of hydrogen-bond donors (Lipinski definition) is 1. The highest BCUT2D eigenvalue weighted by molar-refractivity contribution is 7.92. The molecule has 1 amide bonds. The number of aryl methyl sites for hydroxylation is 1. The summed E-state index contributed by atoms with van der Waals surface area (Å²) < 4.78 is 31.4. The minimum atomic E-state index is -3.47. The summed E-state index contributed by atoms with van der Waals surface area (Å²) in [6, 6.07) is 14.4. The molecule has 0 aromatic heterocycles. The van der Waals surface area contributed by atoms with E-state index in [4.69, 9.17) is 4.74 Å². The third-order valence-corrected chi connectivity index (χ3v) is 6.22. The van der Waals surface area contributed by atoms with Gasteiger partial charge in [-0.15, -0.1) is 0 Å². The van der Waals surface area contributed by atoms with Crippen molar-refractivity contribution < 1.29 is 17.9 Å². The lowest BCUT2D eigenvalue weighted by molar-refractivity contribution is 0.0383. The van der Waals surface area contributed by atoms with Gasteiger partial charge in [0.15, 0.2) is 0 Å². The van der Waals surface area contributed by atoms with Crippen LogP contribution in [0.25, 0.3) is 0 Å². The van der Waals surface area contributed by atoms with Crippen LogP contribution in [-0.2, 0) is 21.3 Å². The third kappa shape index (κ3) is 6.29. The van der Waals surface area contributed by atoms with Crippen LogP contribution in [0.3, 0.4) is 0 Å². The number of amides is 1. The number of nitrogens with one attached hydrogen (secondary N) is 1. The van der Waals surface area contributed by atoms with Crippen molar-refractivity contribution in [2.45, 2.75) is 13.5 Å². The zero-order valence-electron chi connectivity index (χ0n) is 17.5. The predicted molar refractivity (Wildman–Crippen MR) is 118 cm³/mol. The van der Waals surface area contributed by atoms with Gasteiger partial charge in [-0.25, -0.2) is 8.42 Å². The predicted octanol–water partition coefficient (Wildman–Crippen LogP) is 2.02. The highest BCUT2D eigenvalue weighted by Crippen LogP contribution is 2.21. The number of ether oxygens (including phenoxy) is 1. The zero-order chi connectivity index (χ0) is 21.6. The average Bonchev–Trinajstić information content (AvgIpc) is 2.73. The molecule has 0 saturated carbocycles. The average molecular weight is 432 g/mol. The summed E-state index contributed by atoms with van der Waals surface area (Å²) in [6.07, 6.45) is 1.19. The minimum absolute atomic E-state index is 0.167.